The molecule has 18 heavy (non-hydrogen) atoms. The third-order valence-corrected chi connectivity index (χ3v) is 3.75. The van der Waals surface area contributed by atoms with Gasteiger partial charge in [-0.15, -0.1) is 12.4 Å². The van der Waals surface area contributed by atoms with E-state index in [1.807, 2.05) is 19.1 Å². The minimum absolute atomic E-state index is 0. The fourth-order valence-electron chi connectivity index (χ4n) is 2.73. The Kier molecular flexibility index (Phi) is 5.97. The van der Waals surface area contributed by atoms with Crippen LogP contribution in [0.1, 0.15) is 43.2 Å². The lowest BCUT2D eigenvalue weighted by molar-refractivity contribution is 0.208. The number of piperidine rings is 1. The largest absolute Gasteiger partial charge is 0.508 e. The van der Waals surface area contributed by atoms with Crippen molar-refractivity contribution in [2.24, 2.45) is 0 Å². The highest BCUT2D eigenvalue weighted by Gasteiger charge is 2.21. The van der Waals surface area contributed by atoms with Gasteiger partial charge in [-0.05, 0) is 62.4 Å². The Hall–Kier alpha value is -0.730. The monoisotopic (exact) mass is 269 g/mol. The first-order valence-corrected chi connectivity index (χ1v) is 6.72. The fraction of sp³-hybridized carbons (Fsp3) is 0.600. The summed E-state index contributed by atoms with van der Waals surface area (Å²) in [5, 5.41) is 9.79. The van der Waals surface area contributed by atoms with Gasteiger partial charge in [-0.3, -0.25) is 0 Å². The molecule has 2 rings (SSSR count). The topological polar surface area (TPSA) is 23.5 Å². The van der Waals surface area contributed by atoms with Gasteiger partial charge in [0, 0.05) is 6.54 Å². The molecule has 102 valence electrons. The van der Waals surface area contributed by atoms with Crippen LogP contribution in [0, 0.1) is 6.92 Å². The van der Waals surface area contributed by atoms with Gasteiger partial charge >= 0.3 is 0 Å². The SMILES string of the molecule is CCCN1CCCC(c2ccc(C)c(O)c2)C1.Cl. The van der Waals surface area contributed by atoms with E-state index in [9.17, 15) is 5.11 Å². The molecule has 1 aliphatic rings. The highest BCUT2D eigenvalue weighted by molar-refractivity contribution is 5.85. The van der Waals surface area contributed by atoms with Crippen molar-refractivity contribution in [2.45, 2.75) is 39.0 Å². The van der Waals surface area contributed by atoms with Crippen LogP contribution in [0.2, 0.25) is 0 Å². The average Bonchev–Trinajstić information content (AvgIpc) is 2.33. The van der Waals surface area contributed by atoms with Crippen molar-refractivity contribution in [1.82, 2.24) is 4.90 Å². The molecule has 1 aromatic carbocycles. The zero-order valence-corrected chi connectivity index (χ0v) is 12.2. The molecule has 1 aliphatic heterocycles. The molecule has 1 unspecified atom stereocenters. The van der Waals surface area contributed by atoms with Crippen LogP contribution in [-0.2, 0) is 0 Å². The first kappa shape index (κ1) is 15.3. The quantitative estimate of drug-likeness (QED) is 0.904. The molecule has 1 atom stereocenters. The van der Waals surface area contributed by atoms with Gasteiger partial charge in [0.2, 0.25) is 0 Å². The summed E-state index contributed by atoms with van der Waals surface area (Å²) >= 11 is 0. The molecule has 0 bridgehead atoms. The number of phenols is 1. The highest BCUT2D eigenvalue weighted by atomic mass is 35.5. The zero-order valence-electron chi connectivity index (χ0n) is 11.4. The standard InChI is InChI=1S/C15H23NO.ClH/c1-3-8-16-9-4-5-14(11-16)13-7-6-12(2)15(17)10-13;/h6-7,10,14,17H,3-5,8-9,11H2,1-2H3;1H. The molecule has 1 saturated heterocycles. The Bertz CT molecular complexity index is 379. The van der Waals surface area contributed by atoms with Gasteiger partial charge in [-0.25, -0.2) is 0 Å². The van der Waals surface area contributed by atoms with Crippen molar-refractivity contribution in [2.75, 3.05) is 19.6 Å². The number of phenolic OH excluding ortho intramolecular Hbond substituents is 1. The molecule has 1 heterocycles. The van der Waals surface area contributed by atoms with Gasteiger partial charge in [0.1, 0.15) is 5.75 Å². The first-order valence-electron chi connectivity index (χ1n) is 6.72. The Morgan fingerprint density at radius 1 is 1.39 bits per heavy atom. The van der Waals surface area contributed by atoms with Crippen LogP contribution in [0.15, 0.2) is 18.2 Å². The Balaban J connectivity index is 0.00000162. The Morgan fingerprint density at radius 2 is 2.17 bits per heavy atom. The van der Waals surface area contributed by atoms with Crippen LogP contribution in [0.5, 0.6) is 5.75 Å². The van der Waals surface area contributed by atoms with Crippen molar-refractivity contribution < 1.29 is 5.11 Å². The van der Waals surface area contributed by atoms with Crippen LogP contribution in [0.25, 0.3) is 0 Å². The number of hydrogen-bond acceptors (Lipinski definition) is 2. The maximum atomic E-state index is 9.79. The molecule has 0 saturated carbocycles. The lowest BCUT2D eigenvalue weighted by Gasteiger charge is -2.32. The number of nitrogens with zero attached hydrogens (tertiary/aromatic N) is 1. The van der Waals surface area contributed by atoms with Gasteiger partial charge < -0.3 is 10.0 Å². The highest BCUT2D eigenvalue weighted by Crippen LogP contribution is 2.30. The second-order valence-electron chi connectivity index (χ2n) is 5.19. The summed E-state index contributed by atoms with van der Waals surface area (Å²) < 4.78 is 0. The number of benzene rings is 1. The van der Waals surface area contributed by atoms with Crippen LogP contribution in [0.3, 0.4) is 0 Å². The molecule has 3 heteroatoms. The summed E-state index contributed by atoms with van der Waals surface area (Å²) in [6.45, 7) is 7.78. The molecule has 0 spiro atoms. The molecule has 1 N–H and O–H groups in total. The van der Waals surface area contributed by atoms with E-state index in [2.05, 4.69) is 17.9 Å². The molecular weight excluding hydrogens is 246 g/mol. The summed E-state index contributed by atoms with van der Waals surface area (Å²) in [7, 11) is 0. The summed E-state index contributed by atoms with van der Waals surface area (Å²) in [6, 6.07) is 6.16. The number of likely N-dealkylation sites (tertiary alicyclic amines) is 1. The number of halogens is 1. The van der Waals surface area contributed by atoms with Gasteiger partial charge in [-0.2, -0.15) is 0 Å². The molecule has 1 aromatic rings. The number of rotatable bonds is 3. The van der Waals surface area contributed by atoms with Crippen molar-refractivity contribution in [3.8, 4) is 5.75 Å². The van der Waals surface area contributed by atoms with E-state index in [1.165, 1.54) is 37.9 Å². The van der Waals surface area contributed by atoms with E-state index in [-0.39, 0.29) is 12.4 Å². The van der Waals surface area contributed by atoms with E-state index in [0.717, 1.165) is 12.1 Å². The minimum atomic E-state index is 0. The third-order valence-electron chi connectivity index (χ3n) is 3.75. The van der Waals surface area contributed by atoms with E-state index in [4.69, 9.17) is 0 Å². The maximum Gasteiger partial charge on any atom is 0.118 e. The van der Waals surface area contributed by atoms with E-state index in [0.29, 0.717) is 11.7 Å². The summed E-state index contributed by atoms with van der Waals surface area (Å²) in [5.41, 5.74) is 2.27. The summed E-state index contributed by atoms with van der Waals surface area (Å²) in [5.74, 6) is 1.04. The Morgan fingerprint density at radius 3 is 2.83 bits per heavy atom. The summed E-state index contributed by atoms with van der Waals surface area (Å²) in [6.07, 6.45) is 3.76. The Labute approximate surface area is 116 Å². The second kappa shape index (κ2) is 7.01. The van der Waals surface area contributed by atoms with E-state index in [1.54, 1.807) is 0 Å². The van der Waals surface area contributed by atoms with Crippen molar-refractivity contribution >= 4 is 12.4 Å². The van der Waals surface area contributed by atoms with Crippen LogP contribution >= 0.6 is 12.4 Å². The molecule has 0 radical (unpaired) electrons. The molecule has 2 nitrogen and oxygen atoms in total. The lowest BCUT2D eigenvalue weighted by atomic mass is 9.90. The second-order valence-corrected chi connectivity index (χ2v) is 5.19. The molecule has 0 amide bonds. The van der Waals surface area contributed by atoms with E-state index >= 15 is 0 Å². The first-order chi connectivity index (χ1) is 8.20. The lowest BCUT2D eigenvalue weighted by Crippen LogP contribution is -2.34. The van der Waals surface area contributed by atoms with Gasteiger partial charge in [-0.1, -0.05) is 19.1 Å². The van der Waals surface area contributed by atoms with Gasteiger partial charge in [0.25, 0.3) is 0 Å². The third kappa shape index (κ3) is 3.63. The predicted octanol–water partition coefficient (Wildman–Crippen LogP) is 3.71. The van der Waals surface area contributed by atoms with Crippen LogP contribution < -0.4 is 0 Å². The normalized spacial score (nSPS) is 20.4. The molecule has 0 aliphatic carbocycles. The minimum Gasteiger partial charge on any atom is -0.508 e. The van der Waals surface area contributed by atoms with E-state index < -0.39 is 0 Å². The average molecular weight is 270 g/mol. The van der Waals surface area contributed by atoms with Crippen molar-refractivity contribution in [1.29, 1.82) is 0 Å². The van der Waals surface area contributed by atoms with Crippen molar-refractivity contribution in [3.05, 3.63) is 29.3 Å². The smallest absolute Gasteiger partial charge is 0.118 e. The number of aromatic hydroxyl groups is 1. The van der Waals surface area contributed by atoms with Gasteiger partial charge in [0.15, 0.2) is 0 Å². The zero-order chi connectivity index (χ0) is 12.3. The molecule has 1 fully saturated rings. The van der Waals surface area contributed by atoms with Crippen LogP contribution in [-0.4, -0.2) is 29.6 Å². The van der Waals surface area contributed by atoms with Crippen LogP contribution in [0.4, 0.5) is 0 Å². The van der Waals surface area contributed by atoms with Gasteiger partial charge in [0.05, 0.1) is 0 Å². The fourth-order valence-corrected chi connectivity index (χ4v) is 2.73. The molecule has 0 aromatic heterocycles. The number of hydrogen-bond donors (Lipinski definition) is 1. The summed E-state index contributed by atoms with van der Waals surface area (Å²) in [4.78, 5) is 2.55. The maximum absolute atomic E-state index is 9.79. The molecular formula is C15H24ClNO. The predicted molar refractivity (Wildman–Crippen MR) is 78.8 cm³/mol. The number of aryl methyl sites for hydroxylation is 1. The van der Waals surface area contributed by atoms with Crippen molar-refractivity contribution in [3.63, 3.8) is 0 Å².